The molecule has 6 aromatic rings. The van der Waals surface area contributed by atoms with Crippen LogP contribution in [0, 0.1) is 0 Å². The molecule has 0 saturated heterocycles. The normalized spacial score (nSPS) is 13.8. The summed E-state index contributed by atoms with van der Waals surface area (Å²) in [5.41, 5.74) is 7.32. The minimum atomic E-state index is -3.77. The Morgan fingerprint density at radius 3 is 1.94 bits per heavy atom. The van der Waals surface area contributed by atoms with Gasteiger partial charge in [0, 0.05) is 21.9 Å². The first-order valence-corrected chi connectivity index (χ1v) is 12.7. The molecule has 1 aliphatic rings. The van der Waals surface area contributed by atoms with Crippen molar-refractivity contribution in [3.63, 3.8) is 0 Å². The van der Waals surface area contributed by atoms with Crippen LogP contribution in [-0.4, -0.2) is 12.4 Å². The van der Waals surface area contributed by atoms with Gasteiger partial charge in [0.2, 0.25) is 0 Å². The molecule has 1 aliphatic heterocycles. The van der Waals surface area contributed by atoms with Crippen molar-refractivity contribution < 1.29 is 8.42 Å². The van der Waals surface area contributed by atoms with E-state index in [-0.39, 0.29) is 0 Å². The summed E-state index contributed by atoms with van der Waals surface area (Å²) in [5, 5.41) is 1.88. The van der Waals surface area contributed by atoms with Crippen molar-refractivity contribution in [2.45, 2.75) is 4.90 Å². The smallest absolute Gasteiger partial charge is 0.233 e. The van der Waals surface area contributed by atoms with Crippen molar-refractivity contribution in [1.82, 2.24) is 3.97 Å². The maximum absolute atomic E-state index is 14.0. The number of rotatable bonds is 2. The van der Waals surface area contributed by atoms with E-state index in [1.54, 1.807) is 16.1 Å². The summed E-state index contributed by atoms with van der Waals surface area (Å²) in [7, 11) is -3.77. The molecule has 0 unspecified atom stereocenters. The maximum atomic E-state index is 14.0. The van der Waals surface area contributed by atoms with Gasteiger partial charge in [-0.25, -0.2) is 12.4 Å². The van der Waals surface area contributed by atoms with Gasteiger partial charge in [-0.15, -0.1) is 0 Å². The molecular formula is C30H19NO2S. The van der Waals surface area contributed by atoms with Crippen molar-refractivity contribution in [2.24, 2.45) is 0 Å². The maximum Gasteiger partial charge on any atom is 0.269 e. The lowest BCUT2D eigenvalue weighted by Crippen LogP contribution is -2.18. The van der Waals surface area contributed by atoms with E-state index in [0.29, 0.717) is 10.4 Å². The second-order valence-corrected chi connectivity index (χ2v) is 10.4. The van der Waals surface area contributed by atoms with Gasteiger partial charge in [0.15, 0.2) is 0 Å². The van der Waals surface area contributed by atoms with E-state index in [0.717, 1.165) is 49.7 Å². The molecule has 0 radical (unpaired) electrons. The summed E-state index contributed by atoms with van der Waals surface area (Å²) >= 11 is 0. The van der Waals surface area contributed by atoms with Crippen LogP contribution in [-0.2, 0) is 10.0 Å². The molecule has 162 valence electrons. The van der Waals surface area contributed by atoms with E-state index in [4.69, 9.17) is 0 Å². The van der Waals surface area contributed by atoms with Gasteiger partial charge in [0.05, 0.1) is 15.9 Å². The number of nitrogens with zero attached hydrogens (tertiary/aromatic N) is 1. The number of aromatic nitrogens is 1. The zero-order chi connectivity index (χ0) is 22.9. The van der Waals surface area contributed by atoms with Crippen molar-refractivity contribution in [1.29, 1.82) is 0 Å². The van der Waals surface area contributed by atoms with Gasteiger partial charge >= 0.3 is 0 Å². The predicted octanol–water partition coefficient (Wildman–Crippen LogP) is 7.35. The average molecular weight is 458 g/mol. The van der Waals surface area contributed by atoms with Crippen LogP contribution in [0.5, 0.6) is 0 Å². The fourth-order valence-electron chi connectivity index (χ4n) is 5.25. The molecule has 0 bridgehead atoms. The Morgan fingerprint density at radius 2 is 1.18 bits per heavy atom. The summed E-state index contributed by atoms with van der Waals surface area (Å²) in [6.45, 7) is 0. The molecule has 0 spiro atoms. The minimum Gasteiger partial charge on any atom is -0.233 e. The second kappa shape index (κ2) is 6.92. The van der Waals surface area contributed by atoms with E-state index in [1.807, 2.05) is 72.8 Å². The van der Waals surface area contributed by atoms with Gasteiger partial charge in [-0.2, -0.15) is 0 Å². The summed E-state index contributed by atoms with van der Waals surface area (Å²) in [5.74, 6) is 0. The van der Waals surface area contributed by atoms with Gasteiger partial charge < -0.3 is 0 Å². The highest BCUT2D eigenvalue weighted by Gasteiger charge is 2.34. The Balaban J connectivity index is 1.68. The first-order chi connectivity index (χ1) is 16.6. The van der Waals surface area contributed by atoms with Crippen molar-refractivity contribution in [3.8, 4) is 33.4 Å². The van der Waals surface area contributed by atoms with Crippen LogP contribution >= 0.6 is 0 Å². The highest BCUT2D eigenvalue weighted by Crippen LogP contribution is 2.48. The summed E-state index contributed by atoms with van der Waals surface area (Å²) in [6, 6.07) is 37.9. The number of benzene rings is 5. The number of hydrogen-bond donors (Lipinski definition) is 0. The molecule has 1 aromatic heterocycles. The van der Waals surface area contributed by atoms with Crippen LogP contribution in [0.2, 0.25) is 0 Å². The molecule has 3 nitrogen and oxygen atoms in total. The Bertz CT molecular complexity index is 1850. The molecule has 0 fully saturated rings. The van der Waals surface area contributed by atoms with Crippen LogP contribution < -0.4 is 0 Å². The largest absolute Gasteiger partial charge is 0.269 e. The molecular weight excluding hydrogens is 438 g/mol. The van der Waals surface area contributed by atoms with Gasteiger partial charge in [-0.1, -0.05) is 103 Å². The van der Waals surface area contributed by atoms with Gasteiger partial charge in [-0.3, -0.25) is 0 Å². The zero-order valence-corrected chi connectivity index (χ0v) is 19.0. The number of hydrogen-bond acceptors (Lipinski definition) is 2. The fourth-order valence-corrected chi connectivity index (χ4v) is 6.99. The quantitative estimate of drug-likeness (QED) is 0.272. The average Bonchev–Trinajstić information content (AvgIpc) is 3.23. The molecule has 2 heterocycles. The lowest BCUT2D eigenvalue weighted by atomic mass is 9.92. The summed E-state index contributed by atoms with van der Waals surface area (Å²) in [4.78, 5) is 0.342. The molecule has 7 rings (SSSR count). The van der Waals surface area contributed by atoms with E-state index in [2.05, 4.69) is 30.3 Å². The van der Waals surface area contributed by atoms with Crippen LogP contribution in [0.1, 0.15) is 0 Å². The second-order valence-electron chi connectivity index (χ2n) is 8.61. The molecule has 0 atom stereocenters. The fraction of sp³-hybridized carbons (Fsp3) is 0. The third-order valence-corrected chi connectivity index (χ3v) is 8.53. The minimum absolute atomic E-state index is 0.342. The molecule has 0 aliphatic carbocycles. The monoisotopic (exact) mass is 457 g/mol. The molecule has 0 saturated carbocycles. The van der Waals surface area contributed by atoms with E-state index in [1.165, 1.54) is 0 Å². The first-order valence-electron chi connectivity index (χ1n) is 11.2. The molecule has 4 heteroatoms. The summed E-state index contributed by atoms with van der Waals surface area (Å²) in [6.07, 6.45) is 0. The highest BCUT2D eigenvalue weighted by atomic mass is 32.2. The van der Waals surface area contributed by atoms with Gasteiger partial charge in [0.25, 0.3) is 10.0 Å². The Labute approximate surface area is 197 Å². The molecule has 0 amide bonds. The zero-order valence-electron chi connectivity index (χ0n) is 18.1. The van der Waals surface area contributed by atoms with E-state index >= 15 is 0 Å². The third kappa shape index (κ3) is 2.54. The Morgan fingerprint density at radius 1 is 0.529 bits per heavy atom. The van der Waals surface area contributed by atoms with Gasteiger partial charge in [-0.05, 0) is 34.4 Å². The standard InChI is InChI=1S/C30H19NO2S/c32-34(33)28-14-8-7-13-26(28)29-23(21-11-5-2-6-12-21)17-18-25-24-16-15-22(20-9-3-1-4-10-20)19-27(24)31(34)30(25)29/h1-19H. The van der Waals surface area contributed by atoms with Crippen LogP contribution in [0.4, 0.5) is 0 Å². The topological polar surface area (TPSA) is 39.1 Å². The number of fused-ring (bicyclic) bond motifs is 5. The van der Waals surface area contributed by atoms with Crippen LogP contribution in [0.25, 0.3) is 55.2 Å². The Hall–Kier alpha value is -4.15. The highest BCUT2D eigenvalue weighted by molar-refractivity contribution is 7.90. The Kier molecular flexibility index (Phi) is 3.94. The van der Waals surface area contributed by atoms with E-state index < -0.39 is 10.0 Å². The van der Waals surface area contributed by atoms with Gasteiger partial charge in [0.1, 0.15) is 0 Å². The lowest BCUT2D eigenvalue weighted by molar-refractivity contribution is 0.590. The lowest BCUT2D eigenvalue weighted by Gasteiger charge is -2.23. The molecule has 0 N–H and O–H groups in total. The van der Waals surface area contributed by atoms with Crippen LogP contribution in [0.15, 0.2) is 120 Å². The van der Waals surface area contributed by atoms with Crippen molar-refractivity contribution in [2.75, 3.05) is 0 Å². The van der Waals surface area contributed by atoms with Crippen molar-refractivity contribution in [3.05, 3.63) is 115 Å². The summed E-state index contributed by atoms with van der Waals surface area (Å²) < 4.78 is 29.6. The van der Waals surface area contributed by atoms with Crippen molar-refractivity contribution >= 4 is 31.8 Å². The predicted molar refractivity (Wildman–Crippen MR) is 138 cm³/mol. The van der Waals surface area contributed by atoms with Crippen LogP contribution in [0.3, 0.4) is 0 Å². The van der Waals surface area contributed by atoms with E-state index in [9.17, 15) is 8.42 Å². The first kappa shape index (κ1) is 19.3. The third-order valence-electron chi connectivity index (χ3n) is 6.75. The SMILES string of the molecule is O=S1(=O)c2ccccc2-c2c(-c3ccccc3)ccc3c4ccc(-c5ccccc5)cc4n1c23. The molecule has 34 heavy (non-hydrogen) atoms. The molecule has 5 aromatic carbocycles.